The third kappa shape index (κ3) is 4.35. The molecule has 0 saturated carbocycles. The number of halogens is 2. The summed E-state index contributed by atoms with van der Waals surface area (Å²) in [6.07, 6.45) is 0.949. The van der Waals surface area contributed by atoms with Crippen molar-refractivity contribution in [3.63, 3.8) is 0 Å². The molecule has 3 aromatic rings. The van der Waals surface area contributed by atoms with Crippen molar-refractivity contribution in [3.05, 3.63) is 124 Å². The largest absolute Gasteiger partial charge is 0.362 e. The number of dihydropyridines is 1. The molecule has 2 N–H and O–H groups in total. The monoisotopic (exact) mass is 484 g/mol. The lowest BCUT2D eigenvalue weighted by Crippen LogP contribution is -2.37. The number of ketones is 1. The second kappa shape index (κ2) is 9.53. The first-order chi connectivity index (χ1) is 17.3. The van der Waals surface area contributed by atoms with Crippen LogP contribution in [0.25, 0.3) is 0 Å². The van der Waals surface area contributed by atoms with Crippen LogP contribution in [-0.2, 0) is 9.59 Å². The van der Waals surface area contributed by atoms with Crippen LogP contribution in [-0.4, -0.2) is 11.7 Å². The molecule has 6 heteroatoms. The first-order valence-electron chi connectivity index (χ1n) is 11.9. The summed E-state index contributed by atoms with van der Waals surface area (Å²) in [6.45, 7) is 3.72. The van der Waals surface area contributed by atoms with Gasteiger partial charge in [-0.25, -0.2) is 8.78 Å². The Morgan fingerprint density at radius 2 is 1.53 bits per heavy atom. The van der Waals surface area contributed by atoms with Crippen molar-refractivity contribution in [1.82, 2.24) is 5.32 Å². The number of carbonyl (C=O) groups excluding carboxylic acids is 2. The van der Waals surface area contributed by atoms with Crippen LogP contribution in [0.2, 0.25) is 0 Å². The van der Waals surface area contributed by atoms with Crippen molar-refractivity contribution < 1.29 is 18.4 Å². The Hall–Kier alpha value is -4.06. The van der Waals surface area contributed by atoms with E-state index >= 15 is 0 Å². The van der Waals surface area contributed by atoms with E-state index in [2.05, 4.69) is 10.6 Å². The van der Waals surface area contributed by atoms with E-state index in [1.165, 1.54) is 6.07 Å². The van der Waals surface area contributed by atoms with E-state index in [-0.39, 0.29) is 17.3 Å². The molecule has 5 rings (SSSR count). The predicted molar refractivity (Wildman–Crippen MR) is 135 cm³/mol. The number of amides is 1. The number of Topliss-reactive ketones (excluding diaryl/α,β-unsaturated/α-hetero) is 1. The van der Waals surface area contributed by atoms with E-state index in [4.69, 9.17) is 0 Å². The third-order valence-electron chi connectivity index (χ3n) is 6.96. The normalized spacial score (nSPS) is 19.6. The summed E-state index contributed by atoms with van der Waals surface area (Å²) in [5.41, 5.74) is 4.55. The van der Waals surface area contributed by atoms with Crippen molar-refractivity contribution >= 4 is 17.4 Å². The Kier molecular flexibility index (Phi) is 6.27. The molecule has 2 unspecified atom stereocenters. The molecule has 1 aliphatic heterocycles. The number of nitrogens with one attached hydrogen (secondary N) is 2. The molecular formula is C30H26F2N2O2. The van der Waals surface area contributed by atoms with Gasteiger partial charge in [-0.2, -0.15) is 0 Å². The van der Waals surface area contributed by atoms with Crippen LogP contribution < -0.4 is 10.6 Å². The van der Waals surface area contributed by atoms with Gasteiger partial charge in [-0.05, 0) is 49.4 Å². The van der Waals surface area contributed by atoms with E-state index in [1.807, 2.05) is 61.5 Å². The van der Waals surface area contributed by atoms with Gasteiger partial charge in [0, 0.05) is 34.9 Å². The first-order valence-corrected chi connectivity index (χ1v) is 11.9. The van der Waals surface area contributed by atoms with Crippen LogP contribution in [0.5, 0.6) is 0 Å². The van der Waals surface area contributed by atoms with Crippen molar-refractivity contribution in [1.29, 1.82) is 0 Å². The number of allylic oxidation sites excluding steroid dienone is 3. The SMILES string of the molecule is CC1=C(C(=O)Nc2c(F)cccc2F)C(c2ccc(C)cc2)C2=C(CC(c3ccccc3)CC2=O)N1. The molecule has 1 heterocycles. The highest BCUT2D eigenvalue weighted by Crippen LogP contribution is 2.45. The average Bonchev–Trinajstić information content (AvgIpc) is 2.86. The van der Waals surface area contributed by atoms with Gasteiger partial charge in [0.05, 0.1) is 0 Å². The number of hydrogen-bond acceptors (Lipinski definition) is 3. The van der Waals surface area contributed by atoms with E-state index in [0.29, 0.717) is 24.1 Å². The van der Waals surface area contributed by atoms with Gasteiger partial charge >= 0.3 is 0 Å². The summed E-state index contributed by atoms with van der Waals surface area (Å²) in [5.74, 6) is -3.05. The fraction of sp³-hybridized carbons (Fsp3) is 0.200. The first kappa shape index (κ1) is 23.7. The number of benzene rings is 3. The highest BCUT2D eigenvalue weighted by Gasteiger charge is 2.41. The predicted octanol–water partition coefficient (Wildman–Crippen LogP) is 6.27. The molecule has 36 heavy (non-hydrogen) atoms. The zero-order valence-electron chi connectivity index (χ0n) is 20.1. The summed E-state index contributed by atoms with van der Waals surface area (Å²) in [7, 11) is 0. The van der Waals surface area contributed by atoms with Crippen molar-refractivity contribution in [2.24, 2.45) is 0 Å². The molecule has 2 atom stereocenters. The fourth-order valence-corrected chi connectivity index (χ4v) is 5.19. The number of aryl methyl sites for hydroxylation is 1. The lowest BCUT2D eigenvalue weighted by Gasteiger charge is -2.37. The minimum absolute atomic E-state index is 0.0271. The van der Waals surface area contributed by atoms with Crippen LogP contribution in [0.15, 0.2) is 95.3 Å². The maximum Gasteiger partial charge on any atom is 0.254 e. The highest BCUT2D eigenvalue weighted by molar-refractivity contribution is 6.10. The minimum Gasteiger partial charge on any atom is -0.362 e. The van der Waals surface area contributed by atoms with Crippen LogP contribution in [0, 0.1) is 18.6 Å². The summed E-state index contributed by atoms with van der Waals surface area (Å²) >= 11 is 0. The maximum atomic E-state index is 14.3. The number of rotatable bonds is 4. The molecule has 1 amide bonds. The van der Waals surface area contributed by atoms with Crippen molar-refractivity contribution in [2.45, 2.75) is 38.5 Å². The molecule has 4 nitrogen and oxygen atoms in total. The number of para-hydroxylation sites is 1. The van der Waals surface area contributed by atoms with Crippen LogP contribution in [0.3, 0.4) is 0 Å². The number of hydrogen-bond donors (Lipinski definition) is 2. The zero-order chi connectivity index (χ0) is 25.4. The molecule has 2 aliphatic rings. The molecule has 1 aliphatic carbocycles. The molecule has 0 aromatic heterocycles. The Labute approximate surface area is 208 Å². The average molecular weight is 485 g/mol. The minimum atomic E-state index is -0.864. The molecule has 0 radical (unpaired) electrons. The van der Waals surface area contributed by atoms with Crippen LogP contribution in [0.4, 0.5) is 14.5 Å². The van der Waals surface area contributed by atoms with Gasteiger partial charge in [0.2, 0.25) is 0 Å². The topological polar surface area (TPSA) is 58.2 Å². The van der Waals surface area contributed by atoms with E-state index < -0.39 is 29.1 Å². The van der Waals surface area contributed by atoms with Gasteiger partial charge in [0.25, 0.3) is 5.91 Å². The van der Waals surface area contributed by atoms with Crippen LogP contribution in [0.1, 0.15) is 48.3 Å². The smallest absolute Gasteiger partial charge is 0.254 e. The maximum absolute atomic E-state index is 14.3. The Morgan fingerprint density at radius 3 is 2.19 bits per heavy atom. The second-order valence-electron chi connectivity index (χ2n) is 9.39. The molecule has 0 fully saturated rings. The van der Waals surface area contributed by atoms with Gasteiger partial charge in [0.15, 0.2) is 5.78 Å². The zero-order valence-corrected chi connectivity index (χ0v) is 20.1. The van der Waals surface area contributed by atoms with E-state index in [0.717, 1.165) is 34.5 Å². The van der Waals surface area contributed by atoms with Crippen LogP contribution >= 0.6 is 0 Å². The summed E-state index contributed by atoms with van der Waals surface area (Å²) in [4.78, 5) is 27.2. The van der Waals surface area contributed by atoms with E-state index in [1.54, 1.807) is 6.92 Å². The van der Waals surface area contributed by atoms with Gasteiger partial charge in [-0.15, -0.1) is 0 Å². The molecule has 0 saturated heterocycles. The third-order valence-corrected chi connectivity index (χ3v) is 6.96. The Morgan fingerprint density at radius 1 is 0.861 bits per heavy atom. The molecule has 3 aromatic carbocycles. The van der Waals surface area contributed by atoms with Gasteiger partial charge in [-0.3, -0.25) is 9.59 Å². The summed E-state index contributed by atoms with van der Waals surface area (Å²) < 4.78 is 28.6. The molecule has 0 spiro atoms. The number of anilines is 1. The lowest BCUT2D eigenvalue weighted by atomic mass is 9.71. The van der Waals surface area contributed by atoms with Crippen molar-refractivity contribution in [3.8, 4) is 0 Å². The highest BCUT2D eigenvalue weighted by atomic mass is 19.1. The molecule has 0 bridgehead atoms. The summed E-state index contributed by atoms with van der Waals surface area (Å²) in [6, 6.07) is 21.0. The Balaban J connectivity index is 1.58. The van der Waals surface area contributed by atoms with Gasteiger partial charge in [-0.1, -0.05) is 66.2 Å². The summed E-state index contributed by atoms with van der Waals surface area (Å²) in [5, 5.41) is 5.71. The van der Waals surface area contributed by atoms with E-state index in [9.17, 15) is 18.4 Å². The molecule has 182 valence electrons. The Bertz CT molecular complexity index is 1390. The number of carbonyl (C=O) groups is 2. The second-order valence-corrected chi connectivity index (χ2v) is 9.39. The molecular weight excluding hydrogens is 458 g/mol. The van der Waals surface area contributed by atoms with Gasteiger partial charge in [0.1, 0.15) is 17.3 Å². The fourth-order valence-electron chi connectivity index (χ4n) is 5.19. The van der Waals surface area contributed by atoms with Gasteiger partial charge < -0.3 is 10.6 Å². The quantitative estimate of drug-likeness (QED) is 0.459. The standard InChI is InChI=1S/C30H26F2N2O2/c1-17-11-13-20(14-12-17)27-26(30(36)34-29-22(31)9-6-10-23(29)32)18(2)33-24-15-21(16-25(35)28(24)27)19-7-4-3-5-8-19/h3-14,21,27,33H,15-16H2,1-2H3,(H,34,36). The van der Waals surface area contributed by atoms with Crippen molar-refractivity contribution in [2.75, 3.05) is 5.32 Å². The lowest BCUT2D eigenvalue weighted by molar-refractivity contribution is -0.116.